The molecule has 34 heavy (non-hydrogen) atoms. The standard InChI is InChI=1S/C24H19N9S/c25-13-11-33(12-13)21-10-26-9-19(28-21)16-3-4-17-22(29-16)23(32-31-17)18-8-15-14(20-2-1-7-34-20)5-6-27-24(15)30-18/h1-10,13H,11-12,25H2,(H,27,30)(H,31,32). The normalized spacial score (nSPS) is 14.2. The van der Waals surface area contributed by atoms with Crippen LogP contribution in [0.2, 0.25) is 0 Å². The maximum Gasteiger partial charge on any atom is 0.147 e. The fourth-order valence-corrected chi connectivity index (χ4v) is 5.13. The molecule has 1 aliphatic rings. The molecule has 6 aromatic rings. The lowest BCUT2D eigenvalue weighted by Gasteiger charge is -2.37. The zero-order chi connectivity index (χ0) is 22.6. The van der Waals surface area contributed by atoms with Gasteiger partial charge in [0.15, 0.2) is 0 Å². The largest absolute Gasteiger partial charge is 0.352 e. The Labute approximate surface area is 197 Å². The molecule has 1 fully saturated rings. The van der Waals surface area contributed by atoms with E-state index in [4.69, 9.17) is 15.7 Å². The van der Waals surface area contributed by atoms with Crippen LogP contribution in [0.25, 0.3) is 55.3 Å². The third kappa shape index (κ3) is 3.07. The SMILES string of the molecule is NC1CN(c2cncc(-c3ccc4[nH]nc(-c5cc6c(-c7cccs7)ccnc6[nH]5)c4n3)n2)C1. The first-order valence-electron chi connectivity index (χ1n) is 10.9. The van der Waals surface area contributed by atoms with Gasteiger partial charge in [0.2, 0.25) is 0 Å². The summed E-state index contributed by atoms with van der Waals surface area (Å²) < 4.78 is 0. The van der Waals surface area contributed by atoms with Gasteiger partial charge < -0.3 is 15.6 Å². The highest BCUT2D eigenvalue weighted by atomic mass is 32.1. The zero-order valence-electron chi connectivity index (χ0n) is 17.9. The Morgan fingerprint density at radius 3 is 2.85 bits per heavy atom. The number of nitrogens with one attached hydrogen (secondary N) is 2. The Morgan fingerprint density at radius 1 is 1.06 bits per heavy atom. The molecule has 1 aliphatic heterocycles. The fraction of sp³-hybridized carbons (Fsp3) is 0.125. The maximum absolute atomic E-state index is 5.92. The van der Waals surface area contributed by atoms with E-state index in [9.17, 15) is 0 Å². The van der Waals surface area contributed by atoms with E-state index in [1.54, 1.807) is 23.7 Å². The van der Waals surface area contributed by atoms with Crippen molar-refractivity contribution in [2.75, 3.05) is 18.0 Å². The second kappa shape index (κ2) is 7.44. The lowest BCUT2D eigenvalue weighted by molar-refractivity contribution is 0.514. The smallest absolute Gasteiger partial charge is 0.147 e. The number of fused-ring (bicyclic) bond motifs is 2. The molecule has 7 rings (SSSR count). The molecule has 6 aromatic heterocycles. The summed E-state index contributed by atoms with van der Waals surface area (Å²) in [5, 5.41) is 10.8. The van der Waals surface area contributed by atoms with Gasteiger partial charge in [-0.25, -0.2) is 15.0 Å². The van der Waals surface area contributed by atoms with Gasteiger partial charge in [-0.05, 0) is 35.7 Å². The van der Waals surface area contributed by atoms with Crippen molar-refractivity contribution in [3.63, 3.8) is 0 Å². The van der Waals surface area contributed by atoms with Crippen molar-refractivity contribution in [1.29, 1.82) is 0 Å². The number of pyridine rings is 2. The van der Waals surface area contributed by atoms with Crippen molar-refractivity contribution < 1.29 is 0 Å². The number of rotatable bonds is 4. The minimum absolute atomic E-state index is 0.194. The van der Waals surface area contributed by atoms with Crippen LogP contribution in [-0.2, 0) is 0 Å². The molecule has 7 heterocycles. The molecule has 9 nitrogen and oxygen atoms in total. The van der Waals surface area contributed by atoms with Crippen LogP contribution in [0.15, 0.2) is 60.4 Å². The maximum atomic E-state index is 5.92. The van der Waals surface area contributed by atoms with Gasteiger partial charge in [0.05, 0.1) is 29.3 Å². The molecule has 0 saturated carbocycles. The van der Waals surface area contributed by atoms with Gasteiger partial charge in [0, 0.05) is 41.2 Å². The predicted octanol–water partition coefficient (Wildman–Crippen LogP) is 3.83. The van der Waals surface area contributed by atoms with Gasteiger partial charge in [0.25, 0.3) is 0 Å². The second-order valence-corrected chi connectivity index (χ2v) is 9.32. The predicted molar refractivity (Wildman–Crippen MR) is 134 cm³/mol. The molecule has 4 N–H and O–H groups in total. The molecule has 0 spiro atoms. The first kappa shape index (κ1) is 19.3. The van der Waals surface area contributed by atoms with Gasteiger partial charge in [-0.2, -0.15) is 5.10 Å². The minimum Gasteiger partial charge on any atom is -0.352 e. The monoisotopic (exact) mass is 465 g/mol. The van der Waals surface area contributed by atoms with E-state index in [-0.39, 0.29) is 6.04 Å². The quantitative estimate of drug-likeness (QED) is 0.361. The summed E-state index contributed by atoms with van der Waals surface area (Å²) >= 11 is 1.71. The minimum atomic E-state index is 0.194. The lowest BCUT2D eigenvalue weighted by atomic mass is 10.1. The average Bonchev–Trinajstić information content (AvgIpc) is 3.60. The van der Waals surface area contributed by atoms with Gasteiger partial charge in [0.1, 0.15) is 28.4 Å². The molecule has 0 amide bonds. The third-order valence-corrected chi connectivity index (χ3v) is 7.00. The van der Waals surface area contributed by atoms with Crippen molar-refractivity contribution in [3.05, 3.63) is 60.4 Å². The summed E-state index contributed by atoms with van der Waals surface area (Å²) in [7, 11) is 0. The number of nitrogens with two attached hydrogens (primary N) is 1. The van der Waals surface area contributed by atoms with E-state index in [1.165, 1.54) is 4.88 Å². The van der Waals surface area contributed by atoms with Crippen LogP contribution < -0.4 is 10.6 Å². The molecule has 1 saturated heterocycles. The van der Waals surface area contributed by atoms with Crippen molar-refractivity contribution in [2.24, 2.45) is 5.73 Å². The number of thiophene rings is 1. The van der Waals surface area contributed by atoms with E-state index in [0.29, 0.717) is 5.69 Å². The lowest BCUT2D eigenvalue weighted by Crippen LogP contribution is -2.56. The van der Waals surface area contributed by atoms with Gasteiger partial charge in [-0.1, -0.05) is 6.07 Å². The average molecular weight is 466 g/mol. The molecule has 0 bridgehead atoms. The topological polar surface area (TPSA) is 125 Å². The number of aromatic amines is 2. The Balaban J connectivity index is 1.31. The van der Waals surface area contributed by atoms with Gasteiger partial charge in [-0.15, -0.1) is 11.3 Å². The molecule has 0 unspecified atom stereocenters. The number of aromatic nitrogens is 7. The van der Waals surface area contributed by atoms with E-state index in [0.717, 1.165) is 63.6 Å². The van der Waals surface area contributed by atoms with Crippen LogP contribution in [-0.4, -0.2) is 54.2 Å². The Kier molecular flexibility index (Phi) is 4.23. The summed E-state index contributed by atoms with van der Waals surface area (Å²) in [4.78, 5) is 25.3. The number of hydrogen-bond donors (Lipinski definition) is 3. The van der Waals surface area contributed by atoms with Gasteiger partial charge in [-0.3, -0.25) is 10.1 Å². The van der Waals surface area contributed by atoms with Gasteiger partial charge >= 0.3 is 0 Å². The Morgan fingerprint density at radius 2 is 2.00 bits per heavy atom. The van der Waals surface area contributed by atoms with Crippen molar-refractivity contribution in [1.82, 2.24) is 35.1 Å². The fourth-order valence-electron chi connectivity index (χ4n) is 4.36. The van der Waals surface area contributed by atoms with Crippen LogP contribution >= 0.6 is 11.3 Å². The van der Waals surface area contributed by atoms with E-state index in [1.807, 2.05) is 24.4 Å². The molecule has 0 radical (unpaired) electrons. The molecule has 0 aliphatic carbocycles. The summed E-state index contributed by atoms with van der Waals surface area (Å²) in [6.07, 6.45) is 5.32. The molecule has 0 atom stereocenters. The Bertz CT molecular complexity index is 1640. The first-order chi connectivity index (χ1) is 16.7. The number of anilines is 1. The number of nitrogens with zero attached hydrogens (tertiary/aromatic N) is 6. The van der Waals surface area contributed by atoms with E-state index >= 15 is 0 Å². The van der Waals surface area contributed by atoms with Crippen molar-refractivity contribution >= 4 is 39.2 Å². The van der Waals surface area contributed by atoms with Crippen molar-refractivity contribution in [3.8, 4) is 33.2 Å². The van der Waals surface area contributed by atoms with Crippen LogP contribution in [0.4, 0.5) is 5.82 Å². The highest BCUT2D eigenvalue weighted by Crippen LogP contribution is 2.35. The summed E-state index contributed by atoms with van der Waals surface area (Å²) in [6.45, 7) is 1.58. The number of hydrogen-bond acceptors (Lipinski definition) is 8. The third-order valence-electron chi connectivity index (χ3n) is 6.10. The second-order valence-electron chi connectivity index (χ2n) is 8.37. The zero-order valence-corrected chi connectivity index (χ0v) is 18.8. The first-order valence-corrected chi connectivity index (χ1v) is 11.8. The van der Waals surface area contributed by atoms with Crippen LogP contribution in [0.3, 0.4) is 0 Å². The highest BCUT2D eigenvalue weighted by molar-refractivity contribution is 7.13. The van der Waals surface area contributed by atoms with E-state index in [2.05, 4.69) is 53.6 Å². The molecule has 10 heteroatoms. The highest BCUT2D eigenvalue weighted by Gasteiger charge is 2.25. The molecular weight excluding hydrogens is 446 g/mol. The molecular formula is C24H19N9S. The van der Waals surface area contributed by atoms with E-state index < -0.39 is 0 Å². The Hall–Kier alpha value is -4.15. The number of H-pyrrole nitrogens is 2. The molecule has 0 aromatic carbocycles. The van der Waals surface area contributed by atoms with Crippen LogP contribution in [0.1, 0.15) is 0 Å². The summed E-state index contributed by atoms with van der Waals surface area (Å²) in [5.74, 6) is 0.816. The summed E-state index contributed by atoms with van der Waals surface area (Å²) in [5.41, 5.74) is 12.6. The summed E-state index contributed by atoms with van der Waals surface area (Å²) in [6, 6.07) is 12.4. The molecule has 166 valence electrons. The van der Waals surface area contributed by atoms with Crippen LogP contribution in [0, 0.1) is 0 Å². The van der Waals surface area contributed by atoms with Crippen LogP contribution in [0.5, 0.6) is 0 Å². The van der Waals surface area contributed by atoms with Crippen molar-refractivity contribution in [2.45, 2.75) is 6.04 Å².